The standard InChI is InChI=1S/C10H15N3O3S/c1-5(2)8-12-10(17-13-8)11-7-4-16-3-6(7)9(14)15/h5-7H,3-4H2,1-2H3,(H,14,15)(H,11,12,13). The molecular formula is C10H15N3O3S. The minimum Gasteiger partial charge on any atom is -0.481 e. The highest BCUT2D eigenvalue weighted by Crippen LogP contribution is 2.22. The number of aromatic nitrogens is 2. The van der Waals surface area contributed by atoms with Gasteiger partial charge in [-0.05, 0) is 0 Å². The van der Waals surface area contributed by atoms with Gasteiger partial charge in [0.2, 0.25) is 5.13 Å². The van der Waals surface area contributed by atoms with Gasteiger partial charge in [0.05, 0.1) is 19.3 Å². The summed E-state index contributed by atoms with van der Waals surface area (Å²) in [5.74, 6) is -0.296. The van der Waals surface area contributed by atoms with Crippen molar-refractivity contribution in [1.29, 1.82) is 0 Å². The third-order valence-electron chi connectivity index (χ3n) is 2.66. The number of ether oxygens (including phenoxy) is 1. The second-order valence-corrected chi connectivity index (χ2v) is 5.10. The molecule has 0 radical (unpaired) electrons. The number of hydrogen-bond donors (Lipinski definition) is 2. The third kappa shape index (κ3) is 2.73. The van der Waals surface area contributed by atoms with Gasteiger partial charge in [0.1, 0.15) is 11.7 Å². The van der Waals surface area contributed by atoms with E-state index < -0.39 is 11.9 Å². The van der Waals surface area contributed by atoms with Gasteiger partial charge in [-0.3, -0.25) is 4.79 Å². The summed E-state index contributed by atoms with van der Waals surface area (Å²) >= 11 is 1.26. The van der Waals surface area contributed by atoms with Crippen LogP contribution in [0.4, 0.5) is 5.13 Å². The van der Waals surface area contributed by atoms with Crippen LogP contribution in [-0.4, -0.2) is 39.7 Å². The van der Waals surface area contributed by atoms with Crippen LogP contribution in [0.2, 0.25) is 0 Å². The van der Waals surface area contributed by atoms with Gasteiger partial charge in [-0.2, -0.15) is 4.37 Å². The molecule has 1 aliphatic heterocycles. The van der Waals surface area contributed by atoms with Gasteiger partial charge in [0.25, 0.3) is 0 Å². The first-order chi connectivity index (χ1) is 8.08. The molecule has 0 aromatic carbocycles. The van der Waals surface area contributed by atoms with Crippen LogP contribution in [0, 0.1) is 5.92 Å². The number of anilines is 1. The highest BCUT2D eigenvalue weighted by molar-refractivity contribution is 7.09. The van der Waals surface area contributed by atoms with Crippen molar-refractivity contribution >= 4 is 22.6 Å². The van der Waals surface area contributed by atoms with E-state index in [0.717, 1.165) is 5.82 Å². The van der Waals surface area contributed by atoms with Crippen LogP contribution in [0.3, 0.4) is 0 Å². The van der Waals surface area contributed by atoms with Crippen molar-refractivity contribution in [3.05, 3.63) is 5.82 Å². The third-order valence-corrected chi connectivity index (χ3v) is 3.33. The smallest absolute Gasteiger partial charge is 0.311 e. The zero-order chi connectivity index (χ0) is 12.4. The maximum atomic E-state index is 11.0. The molecule has 6 nitrogen and oxygen atoms in total. The normalized spacial score (nSPS) is 24.2. The monoisotopic (exact) mass is 257 g/mol. The van der Waals surface area contributed by atoms with E-state index in [2.05, 4.69) is 14.7 Å². The van der Waals surface area contributed by atoms with Crippen molar-refractivity contribution in [2.45, 2.75) is 25.8 Å². The van der Waals surface area contributed by atoms with E-state index in [1.165, 1.54) is 11.5 Å². The van der Waals surface area contributed by atoms with Crippen LogP contribution in [0.15, 0.2) is 0 Å². The Balaban J connectivity index is 2.02. The maximum absolute atomic E-state index is 11.0. The SMILES string of the molecule is CC(C)c1nsc(NC2COCC2C(=O)O)n1. The summed E-state index contributed by atoms with van der Waals surface area (Å²) in [4.78, 5) is 15.3. The Kier molecular flexibility index (Phi) is 3.58. The van der Waals surface area contributed by atoms with E-state index in [0.29, 0.717) is 11.7 Å². The number of carboxylic acid groups (broad SMARTS) is 1. The number of rotatable bonds is 4. The summed E-state index contributed by atoms with van der Waals surface area (Å²) < 4.78 is 9.38. The highest BCUT2D eigenvalue weighted by atomic mass is 32.1. The Labute approximate surface area is 103 Å². The summed E-state index contributed by atoms with van der Waals surface area (Å²) in [7, 11) is 0. The Morgan fingerprint density at radius 3 is 2.94 bits per heavy atom. The van der Waals surface area contributed by atoms with Crippen molar-refractivity contribution in [1.82, 2.24) is 9.36 Å². The van der Waals surface area contributed by atoms with Crippen LogP contribution in [0.1, 0.15) is 25.6 Å². The van der Waals surface area contributed by atoms with Crippen LogP contribution in [0.5, 0.6) is 0 Å². The molecule has 2 heterocycles. The predicted molar refractivity (Wildman–Crippen MR) is 63.4 cm³/mol. The van der Waals surface area contributed by atoms with E-state index >= 15 is 0 Å². The quantitative estimate of drug-likeness (QED) is 0.842. The molecule has 94 valence electrons. The van der Waals surface area contributed by atoms with Gasteiger partial charge in [-0.1, -0.05) is 13.8 Å². The number of carbonyl (C=O) groups is 1. The molecule has 2 rings (SSSR count). The molecule has 2 atom stereocenters. The molecule has 17 heavy (non-hydrogen) atoms. The number of aliphatic carboxylic acids is 1. The van der Waals surface area contributed by atoms with Crippen LogP contribution < -0.4 is 5.32 Å². The first-order valence-corrected chi connectivity index (χ1v) is 6.26. The van der Waals surface area contributed by atoms with Crippen molar-refractivity contribution in [3.8, 4) is 0 Å². The minimum atomic E-state index is -0.839. The summed E-state index contributed by atoms with van der Waals surface area (Å²) in [6.45, 7) is 4.69. The van der Waals surface area contributed by atoms with E-state index in [-0.39, 0.29) is 18.6 Å². The second-order valence-electron chi connectivity index (χ2n) is 4.35. The zero-order valence-corrected chi connectivity index (χ0v) is 10.5. The summed E-state index contributed by atoms with van der Waals surface area (Å²) in [5.41, 5.74) is 0. The first kappa shape index (κ1) is 12.3. The predicted octanol–water partition coefficient (Wildman–Crippen LogP) is 1.17. The largest absolute Gasteiger partial charge is 0.481 e. The molecule has 0 saturated carbocycles. The van der Waals surface area contributed by atoms with Crippen molar-refractivity contribution in [3.63, 3.8) is 0 Å². The maximum Gasteiger partial charge on any atom is 0.311 e. The molecule has 1 saturated heterocycles. The molecule has 1 aliphatic rings. The Bertz CT molecular complexity index is 407. The van der Waals surface area contributed by atoms with Crippen LogP contribution in [-0.2, 0) is 9.53 Å². The Morgan fingerprint density at radius 1 is 1.59 bits per heavy atom. The first-order valence-electron chi connectivity index (χ1n) is 5.48. The van der Waals surface area contributed by atoms with Gasteiger partial charge in [-0.15, -0.1) is 0 Å². The Morgan fingerprint density at radius 2 is 2.35 bits per heavy atom. The lowest BCUT2D eigenvalue weighted by atomic mass is 10.1. The Hall–Kier alpha value is -1.21. The average molecular weight is 257 g/mol. The van der Waals surface area contributed by atoms with E-state index in [1.807, 2.05) is 13.8 Å². The molecular weight excluding hydrogens is 242 g/mol. The molecule has 1 aromatic rings. The molecule has 7 heteroatoms. The molecule has 0 bridgehead atoms. The second kappa shape index (κ2) is 4.97. The summed E-state index contributed by atoms with van der Waals surface area (Å²) in [5, 5.41) is 12.8. The average Bonchev–Trinajstić information content (AvgIpc) is 2.86. The van der Waals surface area contributed by atoms with E-state index in [4.69, 9.17) is 9.84 Å². The lowest BCUT2D eigenvalue weighted by molar-refractivity contribution is -0.141. The lowest BCUT2D eigenvalue weighted by Gasteiger charge is -2.13. The summed E-state index contributed by atoms with van der Waals surface area (Å²) in [6, 6.07) is -0.222. The van der Waals surface area contributed by atoms with Gasteiger partial charge >= 0.3 is 5.97 Å². The fourth-order valence-electron chi connectivity index (χ4n) is 1.63. The van der Waals surface area contributed by atoms with Crippen LogP contribution >= 0.6 is 11.5 Å². The van der Waals surface area contributed by atoms with E-state index in [1.54, 1.807) is 0 Å². The highest BCUT2D eigenvalue weighted by Gasteiger charge is 2.34. The number of nitrogens with one attached hydrogen (secondary N) is 1. The van der Waals surface area contributed by atoms with Crippen molar-refractivity contribution in [2.24, 2.45) is 5.92 Å². The molecule has 0 aliphatic carbocycles. The fraction of sp³-hybridized carbons (Fsp3) is 0.700. The van der Waals surface area contributed by atoms with Gasteiger partial charge in [-0.25, -0.2) is 4.98 Å². The van der Waals surface area contributed by atoms with Gasteiger partial charge in [0.15, 0.2) is 0 Å². The molecule has 2 N–H and O–H groups in total. The zero-order valence-electron chi connectivity index (χ0n) is 9.71. The van der Waals surface area contributed by atoms with Gasteiger partial charge < -0.3 is 15.2 Å². The lowest BCUT2D eigenvalue weighted by Crippen LogP contribution is -2.33. The number of carboxylic acids is 1. The molecule has 1 fully saturated rings. The van der Waals surface area contributed by atoms with Crippen molar-refractivity contribution < 1.29 is 14.6 Å². The fourth-order valence-corrected chi connectivity index (χ4v) is 2.40. The summed E-state index contributed by atoms with van der Waals surface area (Å²) in [6.07, 6.45) is 0. The van der Waals surface area contributed by atoms with E-state index in [9.17, 15) is 4.79 Å². The van der Waals surface area contributed by atoms with Crippen molar-refractivity contribution in [2.75, 3.05) is 18.5 Å². The topological polar surface area (TPSA) is 84.3 Å². The number of hydrogen-bond acceptors (Lipinski definition) is 6. The molecule has 2 unspecified atom stereocenters. The minimum absolute atomic E-state index is 0.222. The number of nitrogens with zero attached hydrogens (tertiary/aromatic N) is 2. The molecule has 0 amide bonds. The molecule has 1 aromatic heterocycles. The van der Waals surface area contributed by atoms with Crippen LogP contribution in [0.25, 0.3) is 0 Å². The van der Waals surface area contributed by atoms with Gasteiger partial charge in [0, 0.05) is 17.5 Å². The molecule has 0 spiro atoms.